The van der Waals surface area contributed by atoms with Crippen LogP contribution in [-0.4, -0.2) is 0 Å². The lowest BCUT2D eigenvalue weighted by Crippen LogP contribution is -2.34. The molecule has 71 heavy (non-hydrogen) atoms. The number of para-hydroxylation sites is 1. The van der Waals surface area contributed by atoms with Crippen LogP contribution in [0.25, 0.3) is 54.9 Å². The summed E-state index contributed by atoms with van der Waals surface area (Å²) >= 11 is 0. The van der Waals surface area contributed by atoms with Gasteiger partial charge in [0.2, 0.25) is 0 Å². The molecule has 0 amide bonds. The third-order valence-corrected chi connectivity index (χ3v) is 14.5. The average Bonchev–Trinajstić information content (AvgIpc) is 3.45. The first-order chi connectivity index (χ1) is 35.2. The molecule has 12 aromatic carbocycles. The van der Waals surface area contributed by atoms with Gasteiger partial charge in [-0.1, -0.05) is 218 Å². The van der Waals surface area contributed by atoms with Gasteiger partial charge in [-0.15, -0.1) is 0 Å². The zero-order chi connectivity index (χ0) is 47.1. The predicted molar refractivity (Wildman–Crippen MR) is 299 cm³/mol. The summed E-state index contributed by atoms with van der Waals surface area (Å²) in [5.74, 6) is 0. The Labute approximate surface area is 415 Å². The Bertz CT molecular complexity index is 3790. The van der Waals surface area contributed by atoms with E-state index < -0.39 is 5.41 Å². The summed E-state index contributed by atoms with van der Waals surface area (Å²) in [5, 5.41) is 5.00. The van der Waals surface area contributed by atoms with Gasteiger partial charge in [0, 0.05) is 34.1 Å². The van der Waals surface area contributed by atoms with Gasteiger partial charge in [0.25, 0.3) is 0 Å². The van der Waals surface area contributed by atoms with Crippen molar-refractivity contribution in [3.63, 3.8) is 0 Å². The fraction of sp³-hybridized carbons (Fsp3) is 0.0145. The van der Waals surface area contributed by atoms with Gasteiger partial charge in [-0.05, 0) is 150 Å². The summed E-state index contributed by atoms with van der Waals surface area (Å²) in [6, 6.07) is 107. The van der Waals surface area contributed by atoms with E-state index in [9.17, 15) is 0 Å². The zero-order valence-corrected chi connectivity index (χ0v) is 39.1. The van der Waals surface area contributed by atoms with Gasteiger partial charge in [0.1, 0.15) is 0 Å². The minimum atomic E-state index is -0.592. The maximum absolute atomic E-state index is 2.47. The van der Waals surface area contributed by atoms with Crippen molar-refractivity contribution >= 4 is 55.7 Å². The molecule has 0 aliphatic heterocycles. The molecule has 2 nitrogen and oxygen atoms in total. The van der Waals surface area contributed by atoms with Gasteiger partial charge in [-0.2, -0.15) is 0 Å². The molecule has 0 aromatic heterocycles. The maximum atomic E-state index is 2.47. The number of hydrogen-bond acceptors (Lipinski definition) is 2. The molecular weight excluding hydrogens is 857 g/mol. The van der Waals surface area contributed by atoms with Crippen molar-refractivity contribution in [2.45, 2.75) is 5.41 Å². The van der Waals surface area contributed by atoms with E-state index in [-0.39, 0.29) is 0 Å². The first-order valence-electron chi connectivity index (χ1n) is 24.5. The Hall–Kier alpha value is -9.24. The molecule has 0 spiro atoms. The molecule has 13 rings (SSSR count). The molecule has 12 aromatic rings. The summed E-state index contributed by atoms with van der Waals surface area (Å²) < 4.78 is 0. The summed E-state index contributed by atoms with van der Waals surface area (Å²) in [6.07, 6.45) is 0. The number of benzene rings is 12. The molecule has 1 aliphatic carbocycles. The van der Waals surface area contributed by atoms with Crippen LogP contribution in [-0.2, 0) is 5.41 Å². The fourth-order valence-corrected chi connectivity index (χ4v) is 11.2. The standard InChI is InChI=1S/C69H48N2/c1-5-17-49(18-6-1)51-31-38-60(39-32-51)71(61-42-35-53(36-43-61)52-33-40-59(41-34-52)70(58-27-11-4-12-28-58)62-44-37-50-19-13-14-20-55(50)47-62)63-45-46-64-65-29-15-21-54-22-16-30-66(68(54)65)69(67(64)48-63,56-23-7-2-8-24-56)57-25-9-3-10-26-57/h1-48H. The van der Waals surface area contributed by atoms with Gasteiger partial charge in [-0.25, -0.2) is 0 Å². The molecule has 2 heteroatoms. The lowest BCUT2D eigenvalue weighted by molar-refractivity contribution is 0.750. The maximum Gasteiger partial charge on any atom is 0.0714 e. The van der Waals surface area contributed by atoms with E-state index in [4.69, 9.17) is 0 Å². The van der Waals surface area contributed by atoms with Crippen LogP contribution in [0.15, 0.2) is 291 Å². The van der Waals surface area contributed by atoms with Gasteiger partial charge in [0.05, 0.1) is 5.41 Å². The van der Waals surface area contributed by atoms with Gasteiger partial charge in [-0.3, -0.25) is 0 Å². The van der Waals surface area contributed by atoms with E-state index in [1.165, 1.54) is 66.1 Å². The van der Waals surface area contributed by atoms with Gasteiger partial charge < -0.3 is 9.80 Å². The summed E-state index contributed by atoms with van der Waals surface area (Å²) in [5.41, 5.74) is 18.2. The van der Waals surface area contributed by atoms with E-state index in [1.807, 2.05) is 0 Å². The van der Waals surface area contributed by atoms with Crippen molar-refractivity contribution in [1.82, 2.24) is 0 Å². The third kappa shape index (κ3) is 7.28. The second-order valence-corrected chi connectivity index (χ2v) is 18.5. The van der Waals surface area contributed by atoms with Crippen LogP contribution in [0.2, 0.25) is 0 Å². The number of hydrogen-bond donors (Lipinski definition) is 0. The van der Waals surface area contributed by atoms with Crippen LogP contribution < -0.4 is 9.80 Å². The molecule has 334 valence electrons. The molecule has 0 unspecified atom stereocenters. The van der Waals surface area contributed by atoms with E-state index in [1.54, 1.807) is 0 Å². The number of rotatable bonds is 10. The molecule has 0 heterocycles. The van der Waals surface area contributed by atoms with Crippen molar-refractivity contribution < 1.29 is 0 Å². The largest absolute Gasteiger partial charge is 0.310 e. The van der Waals surface area contributed by atoms with Crippen molar-refractivity contribution in [3.05, 3.63) is 313 Å². The van der Waals surface area contributed by atoms with E-state index in [0.29, 0.717) is 0 Å². The Kier molecular flexibility index (Phi) is 10.4. The summed E-state index contributed by atoms with van der Waals surface area (Å²) in [6.45, 7) is 0. The van der Waals surface area contributed by atoms with Crippen molar-refractivity contribution in [2.24, 2.45) is 0 Å². The highest BCUT2D eigenvalue weighted by Crippen LogP contribution is 2.56. The lowest BCUT2D eigenvalue weighted by Gasteiger charge is -2.42. The van der Waals surface area contributed by atoms with Crippen LogP contribution in [0.1, 0.15) is 22.3 Å². The number of fused-ring (bicyclic) bond motifs is 3. The molecule has 0 atom stereocenters. The highest BCUT2D eigenvalue weighted by atomic mass is 15.1. The molecular formula is C69H48N2. The Balaban J connectivity index is 0.940. The molecule has 1 aliphatic rings. The molecule has 0 N–H and O–H groups in total. The second-order valence-electron chi connectivity index (χ2n) is 18.5. The highest BCUT2D eigenvalue weighted by molar-refractivity contribution is 6.05. The highest BCUT2D eigenvalue weighted by Gasteiger charge is 2.44. The van der Waals surface area contributed by atoms with Gasteiger partial charge in [0.15, 0.2) is 0 Å². The molecule has 0 bridgehead atoms. The minimum Gasteiger partial charge on any atom is -0.310 e. The lowest BCUT2D eigenvalue weighted by atomic mass is 9.59. The van der Waals surface area contributed by atoms with Crippen LogP contribution in [0.4, 0.5) is 34.1 Å². The fourth-order valence-electron chi connectivity index (χ4n) is 11.2. The quantitative estimate of drug-likeness (QED) is 0.135. The minimum absolute atomic E-state index is 0.592. The summed E-state index contributed by atoms with van der Waals surface area (Å²) in [7, 11) is 0. The van der Waals surface area contributed by atoms with Crippen molar-refractivity contribution in [3.8, 4) is 33.4 Å². The van der Waals surface area contributed by atoms with Crippen molar-refractivity contribution in [2.75, 3.05) is 9.80 Å². The first-order valence-corrected chi connectivity index (χ1v) is 24.5. The van der Waals surface area contributed by atoms with Gasteiger partial charge >= 0.3 is 0 Å². The van der Waals surface area contributed by atoms with Crippen LogP contribution in [0.3, 0.4) is 0 Å². The normalized spacial score (nSPS) is 12.3. The molecule has 0 saturated carbocycles. The predicted octanol–water partition coefficient (Wildman–Crippen LogP) is 18.6. The van der Waals surface area contributed by atoms with E-state index in [2.05, 4.69) is 301 Å². The van der Waals surface area contributed by atoms with E-state index >= 15 is 0 Å². The topological polar surface area (TPSA) is 6.48 Å². The molecule has 0 radical (unpaired) electrons. The Morgan fingerprint density at radius 2 is 0.634 bits per heavy atom. The van der Waals surface area contributed by atoms with Crippen LogP contribution in [0, 0.1) is 0 Å². The zero-order valence-electron chi connectivity index (χ0n) is 39.1. The van der Waals surface area contributed by atoms with Crippen LogP contribution >= 0.6 is 0 Å². The number of nitrogens with zero attached hydrogens (tertiary/aromatic N) is 2. The second kappa shape index (κ2) is 17.7. The third-order valence-electron chi connectivity index (χ3n) is 14.5. The first kappa shape index (κ1) is 41.9. The van der Waals surface area contributed by atoms with Crippen LogP contribution in [0.5, 0.6) is 0 Å². The molecule has 0 fully saturated rings. The SMILES string of the molecule is c1ccc(-c2ccc(N(c3ccc(-c4ccc(N(c5ccccc5)c5ccc6ccccc6c5)cc4)cc3)c3ccc4c(c3)C(c3ccccc3)(c3ccccc3)c3cccc5cccc-4c35)cc2)cc1. The molecule has 0 saturated heterocycles. The van der Waals surface area contributed by atoms with Crippen molar-refractivity contribution in [1.29, 1.82) is 0 Å². The Morgan fingerprint density at radius 1 is 0.225 bits per heavy atom. The Morgan fingerprint density at radius 3 is 1.20 bits per heavy atom. The average molecular weight is 905 g/mol. The van der Waals surface area contributed by atoms with E-state index in [0.717, 1.165) is 45.3 Å². The smallest absolute Gasteiger partial charge is 0.0714 e. The number of anilines is 6. The monoisotopic (exact) mass is 904 g/mol. The summed E-state index contributed by atoms with van der Waals surface area (Å²) in [4.78, 5) is 4.76.